The molecule has 4 rings (SSSR count). The molecule has 0 aliphatic carbocycles. The van der Waals surface area contributed by atoms with E-state index in [4.69, 9.17) is 4.74 Å². The lowest BCUT2D eigenvalue weighted by Crippen LogP contribution is -2.24. The molecule has 9 heteroatoms. The summed E-state index contributed by atoms with van der Waals surface area (Å²) in [6, 6.07) is 12.5. The molecule has 1 amide bonds. The van der Waals surface area contributed by atoms with Gasteiger partial charge in [0.25, 0.3) is 0 Å². The van der Waals surface area contributed by atoms with Crippen LogP contribution in [0.4, 0.5) is 11.5 Å². The largest absolute Gasteiger partial charge is 0.455 e. The van der Waals surface area contributed by atoms with Crippen molar-refractivity contribution in [2.24, 2.45) is 0 Å². The van der Waals surface area contributed by atoms with Crippen LogP contribution in [-0.2, 0) is 21.2 Å². The lowest BCUT2D eigenvalue weighted by Gasteiger charge is -2.19. The first kappa shape index (κ1) is 21.8. The highest BCUT2D eigenvalue weighted by atomic mass is 32.2. The Morgan fingerprint density at radius 3 is 2.56 bits per heavy atom. The van der Waals surface area contributed by atoms with Crippen LogP contribution in [0, 0.1) is 6.92 Å². The van der Waals surface area contributed by atoms with Crippen molar-refractivity contribution in [3.05, 3.63) is 66.0 Å². The monoisotopic (exact) mass is 452 g/mol. The number of ether oxygens (including phenoxy) is 1. The third kappa shape index (κ3) is 5.23. The maximum atomic E-state index is 12.2. The van der Waals surface area contributed by atoms with E-state index in [-0.39, 0.29) is 10.9 Å². The fourth-order valence-electron chi connectivity index (χ4n) is 3.42. The van der Waals surface area contributed by atoms with Gasteiger partial charge in [-0.2, -0.15) is 0 Å². The van der Waals surface area contributed by atoms with Crippen LogP contribution in [0.15, 0.2) is 59.9 Å². The molecule has 1 aliphatic rings. The third-order valence-corrected chi connectivity index (χ3v) is 6.10. The van der Waals surface area contributed by atoms with Crippen LogP contribution in [0.25, 0.3) is 0 Å². The molecule has 2 aromatic heterocycles. The molecule has 0 atom stereocenters. The maximum absolute atomic E-state index is 12.2. The van der Waals surface area contributed by atoms with Gasteiger partial charge in [-0.05, 0) is 55.3 Å². The van der Waals surface area contributed by atoms with Gasteiger partial charge in [-0.1, -0.05) is 6.07 Å². The van der Waals surface area contributed by atoms with E-state index in [1.54, 1.807) is 17.2 Å². The molecule has 1 aromatic carbocycles. The predicted octanol–water partition coefficient (Wildman–Crippen LogP) is 3.85. The van der Waals surface area contributed by atoms with Gasteiger partial charge in [-0.15, -0.1) is 0 Å². The summed E-state index contributed by atoms with van der Waals surface area (Å²) < 4.78 is 29.3. The smallest absolute Gasteiger partial charge is 0.222 e. The lowest BCUT2D eigenvalue weighted by molar-refractivity contribution is -0.128. The summed E-state index contributed by atoms with van der Waals surface area (Å²) >= 11 is 0. The molecule has 32 heavy (non-hydrogen) atoms. The zero-order valence-electron chi connectivity index (χ0n) is 17.9. The second-order valence-corrected chi connectivity index (χ2v) is 9.76. The van der Waals surface area contributed by atoms with Gasteiger partial charge in [-0.25, -0.2) is 18.4 Å². The van der Waals surface area contributed by atoms with Crippen molar-refractivity contribution in [3.8, 4) is 11.5 Å². The number of hydrogen-bond acceptors (Lipinski definition) is 7. The number of pyridine rings is 2. The fourth-order valence-corrected chi connectivity index (χ4v) is 3.98. The maximum Gasteiger partial charge on any atom is 0.222 e. The number of aromatic nitrogens is 2. The number of rotatable bonds is 7. The number of nitrogens with zero attached hydrogens (tertiary/aromatic N) is 3. The summed E-state index contributed by atoms with van der Waals surface area (Å²) in [6.07, 6.45) is 5.67. The summed E-state index contributed by atoms with van der Waals surface area (Å²) in [6.45, 7) is 3.10. The summed E-state index contributed by atoms with van der Waals surface area (Å²) in [7, 11) is -3.39. The second kappa shape index (κ2) is 8.96. The van der Waals surface area contributed by atoms with Gasteiger partial charge in [0.1, 0.15) is 17.3 Å². The van der Waals surface area contributed by atoms with Crippen LogP contribution in [0.3, 0.4) is 0 Å². The summed E-state index contributed by atoms with van der Waals surface area (Å²) in [4.78, 5) is 22.3. The van der Waals surface area contributed by atoms with Crippen LogP contribution in [0.5, 0.6) is 11.5 Å². The standard InChI is InChI=1S/C23H24N4O4S/c1-16-5-9-21(24-13-16)26-18-6-8-20(17(12-18)15-27-11-3-4-23(27)28)31-19-7-10-22(25-14-19)32(2,29)30/h5-10,12-14H,3-4,11,15H2,1-2H3,(H,24,26). The fraction of sp³-hybridized carbons (Fsp3) is 0.261. The van der Waals surface area contributed by atoms with E-state index < -0.39 is 9.84 Å². The minimum atomic E-state index is -3.39. The molecular weight excluding hydrogens is 428 g/mol. The summed E-state index contributed by atoms with van der Waals surface area (Å²) in [5, 5.41) is 3.26. The van der Waals surface area contributed by atoms with E-state index >= 15 is 0 Å². The SMILES string of the molecule is Cc1ccc(Nc2ccc(Oc3ccc(S(C)(=O)=O)nc3)c(CN3CCCC3=O)c2)nc1. The Kier molecular flexibility index (Phi) is 6.09. The van der Waals surface area contributed by atoms with Crippen LogP contribution in [0.2, 0.25) is 0 Å². The van der Waals surface area contributed by atoms with Gasteiger partial charge in [0, 0.05) is 43.2 Å². The highest BCUT2D eigenvalue weighted by Crippen LogP contribution is 2.31. The van der Waals surface area contributed by atoms with Crippen molar-refractivity contribution in [1.82, 2.24) is 14.9 Å². The summed E-state index contributed by atoms with van der Waals surface area (Å²) in [5.74, 6) is 1.81. The highest BCUT2D eigenvalue weighted by Gasteiger charge is 2.22. The predicted molar refractivity (Wildman–Crippen MR) is 121 cm³/mol. The van der Waals surface area contributed by atoms with E-state index in [9.17, 15) is 13.2 Å². The van der Waals surface area contributed by atoms with Crippen molar-refractivity contribution in [2.75, 3.05) is 18.1 Å². The average Bonchev–Trinajstić information content (AvgIpc) is 3.16. The van der Waals surface area contributed by atoms with Crippen molar-refractivity contribution in [1.29, 1.82) is 0 Å². The van der Waals surface area contributed by atoms with Gasteiger partial charge < -0.3 is 15.0 Å². The molecule has 0 unspecified atom stereocenters. The first-order valence-corrected chi connectivity index (χ1v) is 12.1. The van der Waals surface area contributed by atoms with E-state index in [2.05, 4.69) is 15.3 Å². The van der Waals surface area contributed by atoms with Crippen molar-refractivity contribution in [3.63, 3.8) is 0 Å². The number of aryl methyl sites for hydroxylation is 1. The number of amides is 1. The van der Waals surface area contributed by atoms with Gasteiger partial charge in [-0.3, -0.25) is 4.79 Å². The number of anilines is 2. The quantitative estimate of drug-likeness (QED) is 0.581. The molecule has 1 aliphatic heterocycles. The van der Waals surface area contributed by atoms with Crippen molar-refractivity contribution in [2.45, 2.75) is 31.3 Å². The van der Waals surface area contributed by atoms with E-state index in [1.165, 1.54) is 12.3 Å². The van der Waals surface area contributed by atoms with Crippen LogP contribution in [-0.4, -0.2) is 42.0 Å². The van der Waals surface area contributed by atoms with E-state index in [1.807, 2.05) is 37.3 Å². The van der Waals surface area contributed by atoms with Gasteiger partial charge in [0.05, 0.1) is 6.20 Å². The van der Waals surface area contributed by atoms with Crippen LogP contribution < -0.4 is 10.1 Å². The molecule has 1 fully saturated rings. The lowest BCUT2D eigenvalue weighted by atomic mass is 10.1. The molecule has 3 aromatic rings. The van der Waals surface area contributed by atoms with Gasteiger partial charge in [0.2, 0.25) is 5.91 Å². The Balaban J connectivity index is 1.61. The van der Waals surface area contributed by atoms with Gasteiger partial charge >= 0.3 is 0 Å². The Morgan fingerprint density at radius 1 is 1.09 bits per heavy atom. The normalized spacial score (nSPS) is 13.9. The molecule has 3 heterocycles. The Bertz CT molecular complexity index is 1230. The molecule has 1 N–H and O–H groups in total. The molecule has 1 saturated heterocycles. The third-order valence-electron chi connectivity index (χ3n) is 5.09. The average molecular weight is 453 g/mol. The molecule has 166 valence electrons. The Morgan fingerprint density at radius 2 is 1.94 bits per heavy atom. The zero-order valence-corrected chi connectivity index (χ0v) is 18.7. The number of carbonyl (C=O) groups excluding carboxylic acids is 1. The van der Waals surface area contributed by atoms with E-state index in [0.717, 1.165) is 29.5 Å². The van der Waals surface area contributed by atoms with Gasteiger partial charge in [0.15, 0.2) is 14.9 Å². The number of nitrogens with one attached hydrogen (secondary N) is 1. The molecular formula is C23H24N4O4S. The first-order valence-electron chi connectivity index (χ1n) is 10.2. The molecule has 0 spiro atoms. The molecule has 0 radical (unpaired) electrons. The van der Waals surface area contributed by atoms with Crippen molar-refractivity contribution >= 4 is 27.2 Å². The van der Waals surface area contributed by atoms with Crippen LogP contribution >= 0.6 is 0 Å². The van der Waals surface area contributed by atoms with Crippen LogP contribution in [0.1, 0.15) is 24.0 Å². The molecule has 8 nitrogen and oxygen atoms in total. The Labute approximate surface area is 187 Å². The number of sulfone groups is 1. The first-order chi connectivity index (χ1) is 15.3. The summed E-state index contributed by atoms with van der Waals surface area (Å²) in [5.41, 5.74) is 2.72. The van der Waals surface area contributed by atoms with Crippen molar-refractivity contribution < 1.29 is 17.9 Å². The number of carbonyl (C=O) groups is 1. The topological polar surface area (TPSA) is 101 Å². The minimum absolute atomic E-state index is 0.0158. The number of likely N-dealkylation sites (tertiary alicyclic amines) is 1. The Hall–Kier alpha value is -3.46. The second-order valence-electron chi connectivity index (χ2n) is 7.79. The van der Waals surface area contributed by atoms with E-state index in [0.29, 0.717) is 36.8 Å². The molecule has 0 bridgehead atoms. The minimum Gasteiger partial charge on any atom is -0.455 e. The molecule has 0 saturated carbocycles. The number of hydrogen-bond donors (Lipinski definition) is 1. The number of benzene rings is 1. The zero-order chi connectivity index (χ0) is 22.7. The highest BCUT2D eigenvalue weighted by molar-refractivity contribution is 7.90.